The summed E-state index contributed by atoms with van der Waals surface area (Å²) < 4.78 is 0. The van der Waals surface area contributed by atoms with Crippen molar-refractivity contribution < 1.29 is 4.79 Å². The molecule has 6 nitrogen and oxygen atoms in total. The van der Waals surface area contributed by atoms with Gasteiger partial charge in [-0.25, -0.2) is 15.0 Å². The van der Waals surface area contributed by atoms with Gasteiger partial charge >= 0.3 is 0 Å². The number of carbonyl (C=O) groups is 1. The number of nitrogens with zero attached hydrogens (tertiary/aromatic N) is 5. The van der Waals surface area contributed by atoms with Crippen molar-refractivity contribution in [2.24, 2.45) is 0 Å². The smallest absolute Gasteiger partial charge is 0.222 e. The SMILES string of the molecule is CSc1nc(C)c(CCC(=O)N2CCCN(c3nc(C)cs3)CC2)c(C)n1. The summed E-state index contributed by atoms with van der Waals surface area (Å²) in [6, 6.07) is 0. The molecule has 0 N–H and O–H groups in total. The van der Waals surface area contributed by atoms with Crippen molar-refractivity contribution in [2.45, 2.75) is 45.2 Å². The van der Waals surface area contributed by atoms with E-state index in [1.165, 1.54) is 0 Å². The molecular weight excluding hydrogens is 378 g/mol. The van der Waals surface area contributed by atoms with Gasteiger partial charge in [-0.05, 0) is 45.4 Å². The van der Waals surface area contributed by atoms with Crippen molar-refractivity contribution >= 4 is 34.1 Å². The minimum Gasteiger partial charge on any atom is -0.346 e. The molecule has 1 aliphatic rings. The standard InChI is InChI=1S/C19H27N5OS2/c1-13-12-27-19(20-13)24-9-5-8-23(10-11-24)17(25)7-6-16-14(2)21-18(26-4)22-15(16)3/h12H,5-11H2,1-4H3. The Bertz CT molecular complexity index is 784. The molecule has 0 aromatic carbocycles. The van der Waals surface area contributed by atoms with Crippen LogP contribution in [-0.4, -0.2) is 58.2 Å². The Morgan fingerprint density at radius 1 is 1.11 bits per heavy atom. The number of hydrogen-bond donors (Lipinski definition) is 0. The third-order valence-electron chi connectivity index (χ3n) is 4.90. The van der Waals surface area contributed by atoms with E-state index in [1.807, 2.05) is 31.9 Å². The third kappa shape index (κ3) is 4.99. The number of rotatable bonds is 5. The second-order valence-corrected chi connectivity index (χ2v) is 8.46. The highest BCUT2D eigenvalue weighted by Gasteiger charge is 2.21. The Morgan fingerprint density at radius 2 is 1.85 bits per heavy atom. The molecule has 146 valence electrons. The largest absolute Gasteiger partial charge is 0.346 e. The first-order valence-electron chi connectivity index (χ1n) is 9.31. The van der Waals surface area contributed by atoms with E-state index in [-0.39, 0.29) is 5.91 Å². The summed E-state index contributed by atoms with van der Waals surface area (Å²) in [4.78, 5) is 30.7. The van der Waals surface area contributed by atoms with E-state index < -0.39 is 0 Å². The Labute approximate surface area is 169 Å². The lowest BCUT2D eigenvalue weighted by Gasteiger charge is -2.22. The normalized spacial score (nSPS) is 15.1. The predicted molar refractivity (Wildman–Crippen MR) is 112 cm³/mol. The van der Waals surface area contributed by atoms with E-state index in [9.17, 15) is 4.79 Å². The fraction of sp³-hybridized carbons (Fsp3) is 0.579. The minimum atomic E-state index is 0.222. The highest BCUT2D eigenvalue weighted by molar-refractivity contribution is 7.98. The van der Waals surface area contributed by atoms with E-state index in [0.29, 0.717) is 12.8 Å². The lowest BCUT2D eigenvalue weighted by Crippen LogP contribution is -2.35. The van der Waals surface area contributed by atoms with Crippen molar-refractivity contribution in [1.82, 2.24) is 19.9 Å². The van der Waals surface area contributed by atoms with Gasteiger partial charge in [0.25, 0.3) is 0 Å². The zero-order valence-electron chi connectivity index (χ0n) is 16.5. The van der Waals surface area contributed by atoms with Crippen molar-refractivity contribution in [3.05, 3.63) is 28.0 Å². The lowest BCUT2D eigenvalue weighted by molar-refractivity contribution is -0.130. The summed E-state index contributed by atoms with van der Waals surface area (Å²) in [5.41, 5.74) is 4.14. The molecule has 1 fully saturated rings. The molecular formula is C19H27N5OS2. The molecule has 8 heteroatoms. The van der Waals surface area contributed by atoms with Gasteiger partial charge in [0.05, 0.1) is 5.69 Å². The molecule has 1 saturated heterocycles. The highest BCUT2D eigenvalue weighted by Crippen LogP contribution is 2.22. The van der Waals surface area contributed by atoms with Crippen LogP contribution in [0.5, 0.6) is 0 Å². The molecule has 3 heterocycles. The average Bonchev–Trinajstić information content (AvgIpc) is 2.92. The van der Waals surface area contributed by atoms with Gasteiger partial charge in [-0.15, -0.1) is 11.3 Å². The summed E-state index contributed by atoms with van der Waals surface area (Å²) in [5.74, 6) is 0.222. The molecule has 3 rings (SSSR count). The molecule has 1 aliphatic heterocycles. The number of carbonyl (C=O) groups excluding carboxylic acids is 1. The Balaban J connectivity index is 1.57. The van der Waals surface area contributed by atoms with Crippen LogP contribution < -0.4 is 4.90 Å². The Kier molecular flexibility index (Phi) is 6.70. The molecule has 0 saturated carbocycles. The number of aryl methyl sites for hydroxylation is 3. The first kappa shape index (κ1) is 20.1. The number of hydrogen-bond acceptors (Lipinski definition) is 7. The molecule has 0 bridgehead atoms. The highest BCUT2D eigenvalue weighted by atomic mass is 32.2. The molecule has 2 aromatic rings. The van der Waals surface area contributed by atoms with Crippen LogP contribution in [0.25, 0.3) is 0 Å². The molecule has 27 heavy (non-hydrogen) atoms. The van der Waals surface area contributed by atoms with E-state index in [0.717, 1.165) is 65.5 Å². The van der Waals surface area contributed by atoms with Crippen LogP contribution >= 0.6 is 23.1 Å². The maximum atomic E-state index is 12.8. The molecule has 2 aromatic heterocycles. The van der Waals surface area contributed by atoms with Crippen molar-refractivity contribution in [3.63, 3.8) is 0 Å². The van der Waals surface area contributed by atoms with Crippen LogP contribution in [0.15, 0.2) is 10.5 Å². The quantitative estimate of drug-likeness (QED) is 0.562. The summed E-state index contributed by atoms with van der Waals surface area (Å²) in [5, 5.41) is 3.95. The molecule has 1 amide bonds. The van der Waals surface area contributed by atoms with Crippen LogP contribution in [0.4, 0.5) is 5.13 Å². The predicted octanol–water partition coefficient (Wildman–Crippen LogP) is 3.25. The number of anilines is 1. The van der Waals surface area contributed by atoms with Gasteiger partial charge in [0.2, 0.25) is 5.91 Å². The first-order valence-corrected chi connectivity index (χ1v) is 11.4. The second kappa shape index (κ2) is 9.01. The number of thioether (sulfide) groups is 1. The fourth-order valence-electron chi connectivity index (χ4n) is 3.40. The first-order chi connectivity index (χ1) is 13.0. The van der Waals surface area contributed by atoms with E-state index in [1.54, 1.807) is 23.1 Å². The van der Waals surface area contributed by atoms with Gasteiger partial charge in [-0.3, -0.25) is 4.79 Å². The van der Waals surface area contributed by atoms with Crippen LogP contribution in [0, 0.1) is 20.8 Å². The lowest BCUT2D eigenvalue weighted by atomic mass is 10.1. The topological polar surface area (TPSA) is 62.2 Å². The van der Waals surface area contributed by atoms with Crippen molar-refractivity contribution in [2.75, 3.05) is 37.3 Å². The number of aromatic nitrogens is 3. The zero-order valence-corrected chi connectivity index (χ0v) is 18.1. The van der Waals surface area contributed by atoms with Crippen LogP contribution in [0.1, 0.15) is 35.5 Å². The molecule has 0 radical (unpaired) electrons. The molecule has 0 aliphatic carbocycles. The number of thiazole rings is 1. The van der Waals surface area contributed by atoms with Gasteiger partial charge < -0.3 is 9.80 Å². The van der Waals surface area contributed by atoms with E-state index in [4.69, 9.17) is 0 Å². The van der Waals surface area contributed by atoms with Crippen molar-refractivity contribution in [1.29, 1.82) is 0 Å². The summed E-state index contributed by atoms with van der Waals surface area (Å²) in [6.45, 7) is 9.42. The van der Waals surface area contributed by atoms with Gasteiger partial charge in [0.1, 0.15) is 0 Å². The summed E-state index contributed by atoms with van der Waals surface area (Å²) in [6.07, 6.45) is 4.18. The molecule has 0 spiro atoms. The van der Waals surface area contributed by atoms with Gasteiger partial charge in [0.15, 0.2) is 10.3 Å². The summed E-state index contributed by atoms with van der Waals surface area (Å²) in [7, 11) is 0. The summed E-state index contributed by atoms with van der Waals surface area (Å²) >= 11 is 3.23. The van der Waals surface area contributed by atoms with Crippen LogP contribution in [0.2, 0.25) is 0 Å². The molecule has 0 atom stereocenters. The van der Waals surface area contributed by atoms with Gasteiger partial charge in [-0.2, -0.15) is 0 Å². The third-order valence-corrected chi connectivity index (χ3v) is 6.46. The van der Waals surface area contributed by atoms with E-state index in [2.05, 4.69) is 25.2 Å². The maximum absolute atomic E-state index is 12.8. The Morgan fingerprint density at radius 3 is 2.48 bits per heavy atom. The average molecular weight is 406 g/mol. The Hall–Kier alpha value is -1.67. The van der Waals surface area contributed by atoms with Crippen molar-refractivity contribution in [3.8, 4) is 0 Å². The minimum absolute atomic E-state index is 0.222. The van der Waals surface area contributed by atoms with Gasteiger partial charge in [-0.1, -0.05) is 11.8 Å². The van der Waals surface area contributed by atoms with Gasteiger partial charge in [0, 0.05) is 49.4 Å². The number of amides is 1. The zero-order chi connectivity index (χ0) is 19.4. The van der Waals surface area contributed by atoms with Crippen LogP contribution in [0.3, 0.4) is 0 Å². The van der Waals surface area contributed by atoms with Crippen LogP contribution in [-0.2, 0) is 11.2 Å². The maximum Gasteiger partial charge on any atom is 0.222 e. The monoisotopic (exact) mass is 405 g/mol. The van der Waals surface area contributed by atoms with E-state index >= 15 is 0 Å². The fourth-order valence-corrected chi connectivity index (χ4v) is 4.71. The molecule has 0 unspecified atom stereocenters. The second-order valence-electron chi connectivity index (χ2n) is 6.85.